The van der Waals surface area contributed by atoms with E-state index in [2.05, 4.69) is 14.9 Å². The second-order valence-electron chi connectivity index (χ2n) is 5.89. The lowest BCUT2D eigenvalue weighted by atomic mass is 10.2. The molecular formula is C17H22N4O2. The maximum atomic E-state index is 12.6. The van der Waals surface area contributed by atoms with Crippen LogP contribution in [0.25, 0.3) is 21.9 Å². The first-order chi connectivity index (χ1) is 11.1. The molecule has 1 aromatic carbocycles. The Kier molecular flexibility index (Phi) is 4.34. The van der Waals surface area contributed by atoms with Crippen LogP contribution in [0.1, 0.15) is 13.3 Å². The number of aromatic nitrogens is 3. The lowest BCUT2D eigenvalue weighted by Gasteiger charge is -2.10. The van der Waals surface area contributed by atoms with Gasteiger partial charge < -0.3 is 14.6 Å². The molecule has 0 unspecified atom stereocenters. The number of nitrogens with one attached hydrogen (secondary N) is 1. The number of aromatic amines is 1. The first-order valence-electron chi connectivity index (χ1n) is 7.88. The fraction of sp³-hybridized carbons (Fsp3) is 0.412. The zero-order valence-electron chi connectivity index (χ0n) is 13.8. The van der Waals surface area contributed by atoms with Gasteiger partial charge in [0.05, 0.1) is 12.9 Å². The number of ether oxygens (including phenoxy) is 1. The minimum Gasteiger partial charge on any atom is -0.494 e. The molecule has 0 amide bonds. The molecule has 23 heavy (non-hydrogen) atoms. The van der Waals surface area contributed by atoms with Gasteiger partial charge in [0, 0.05) is 17.4 Å². The average molecular weight is 314 g/mol. The highest BCUT2D eigenvalue weighted by Crippen LogP contribution is 2.25. The van der Waals surface area contributed by atoms with Gasteiger partial charge in [0.15, 0.2) is 0 Å². The number of hydrogen-bond donors (Lipinski definition) is 1. The number of fused-ring (bicyclic) bond motifs is 3. The molecule has 0 aliphatic rings. The fourth-order valence-corrected chi connectivity index (χ4v) is 2.74. The molecule has 0 bridgehead atoms. The normalized spacial score (nSPS) is 11.7. The summed E-state index contributed by atoms with van der Waals surface area (Å²) in [7, 11) is 4.05. The summed E-state index contributed by atoms with van der Waals surface area (Å²) in [6.45, 7) is 4.17. The lowest BCUT2D eigenvalue weighted by Crippen LogP contribution is -2.23. The Labute approximate surface area is 134 Å². The van der Waals surface area contributed by atoms with E-state index in [1.54, 1.807) is 10.9 Å². The van der Waals surface area contributed by atoms with Crippen LogP contribution in [-0.2, 0) is 6.54 Å². The van der Waals surface area contributed by atoms with Crippen LogP contribution in [0.4, 0.5) is 0 Å². The van der Waals surface area contributed by atoms with Gasteiger partial charge >= 0.3 is 0 Å². The number of H-pyrrole nitrogens is 1. The van der Waals surface area contributed by atoms with E-state index in [1.165, 1.54) is 0 Å². The monoisotopic (exact) mass is 314 g/mol. The number of benzene rings is 1. The second-order valence-corrected chi connectivity index (χ2v) is 5.89. The molecule has 0 saturated heterocycles. The largest absolute Gasteiger partial charge is 0.494 e. The van der Waals surface area contributed by atoms with Crippen LogP contribution >= 0.6 is 0 Å². The molecule has 3 aromatic rings. The predicted octanol–water partition coefficient (Wildman–Crippen LogP) is 2.23. The zero-order valence-corrected chi connectivity index (χ0v) is 13.8. The van der Waals surface area contributed by atoms with E-state index < -0.39 is 0 Å². The number of rotatable bonds is 6. The van der Waals surface area contributed by atoms with Crippen LogP contribution in [0, 0.1) is 0 Å². The molecule has 2 heterocycles. The van der Waals surface area contributed by atoms with Crippen molar-refractivity contribution in [3.8, 4) is 5.75 Å². The summed E-state index contributed by atoms with van der Waals surface area (Å²) in [4.78, 5) is 22.4. The molecule has 3 rings (SSSR count). The molecule has 1 N–H and O–H groups in total. The van der Waals surface area contributed by atoms with E-state index in [4.69, 9.17) is 4.74 Å². The number of hydrogen-bond acceptors (Lipinski definition) is 4. The van der Waals surface area contributed by atoms with Crippen molar-refractivity contribution in [2.24, 2.45) is 0 Å². The molecule has 0 spiro atoms. The SMILES string of the molecule is CCOc1ccc2[nH]c3c(=O)n(CCCN(C)C)cnc3c2c1. The third kappa shape index (κ3) is 3.07. The van der Waals surface area contributed by atoms with Crippen molar-refractivity contribution in [1.29, 1.82) is 0 Å². The number of nitrogens with zero attached hydrogens (tertiary/aromatic N) is 3. The van der Waals surface area contributed by atoms with E-state index in [-0.39, 0.29) is 5.56 Å². The van der Waals surface area contributed by atoms with Crippen LogP contribution in [-0.4, -0.2) is 46.7 Å². The predicted molar refractivity (Wildman–Crippen MR) is 92.2 cm³/mol. The van der Waals surface area contributed by atoms with Crippen LogP contribution in [0.2, 0.25) is 0 Å². The molecule has 0 saturated carbocycles. The molecule has 0 aliphatic heterocycles. The number of aryl methyl sites for hydroxylation is 1. The Morgan fingerprint density at radius 3 is 2.91 bits per heavy atom. The highest BCUT2D eigenvalue weighted by molar-refractivity contribution is 6.04. The van der Waals surface area contributed by atoms with Crippen molar-refractivity contribution in [2.75, 3.05) is 27.2 Å². The smallest absolute Gasteiger partial charge is 0.277 e. The van der Waals surface area contributed by atoms with Crippen molar-refractivity contribution in [3.05, 3.63) is 34.9 Å². The van der Waals surface area contributed by atoms with Crippen molar-refractivity contribution in [2.45, 2.75) is 19.9 Å². The third-order valence-electron chi connectivity index (χ3n) is 3.86. The first-order valence-corrected chi connectivity index (χ1v) is 7.88. The Morgan fingerprint density at radius 2 is 2.17 bits per heavy atom. The first kappa shape index (κ1) is 15.6. The summed E-state index contributed by atoms with van der Waals surface area (Å²) in [5.41, 5.74) is 2.14. The maximum Gasteiger partial charge on any atom is 0.277 e. The van der Waals surface area contributed by atoms with E-state index >= 15 is 0 Å². The van der Waals surface area contributed by atoms with Crippen LogP contribution in [0.3, 0.4) is 0 Å². The standard InChI is InChI=1S/C17H22N4O2/c1-4-23-12-6-7-14-13(10-12)15-16(19-14)17(22)21(11-18-15)9-5-8-20(2)3/h6-7,10-11,19H,4-5,8-9H2,1-3H3. The minimum atomic E-state index is -0.0251. The Morgan fingerprint density at radius 1 is 1.35 bits per heavy atom. The summed E-state index contributed by atoms with van der Waals surface area (Å²) in [6, 6.07) is 5.76. The fourth-order valence-electron chi connectivity index (χ4n) is 2.74. The van der Waals surface area contributed by atoms with Crippen molar-refractivity contribution < 1.29 is 4.74 Å². The molecule has 0 atom stereocenters. The van der Waals surface area contributed by atoms with Gasteiger partial charge in [-0.25, -0.2) is 4.98 Å². The van der Waals surface area contributed by atoms with Crippen molar-refractivity contribution >= 4 is 21.9 Å². The van der Waals surface area contributed by atoms with E-state index in [0.717, 1.165) is 29.6 Å². The Bertz CT molecular complexity index is 879. The lowest BCUT2D eigenvalue weighted by molar-refractivity contribution is 0.341. The molecule has 0 fully saturated rings. The van der Waals surface area contributed by atoms with Gasteiger partial charge in [0.2, 0.25) is 0 Å². The summed E-state index contributed by atoms with van der Waals surface area (Å²) in [6.07, 6.45) is 2.55. The molecular weight excluding hydrogens is 292 g/mol. The summed E-state index contributed by atoms with van der Waals surface area (Å²) < 4.78 is 7.20. The second kappa shape index (κ2) is 6.42. The van der Waals surface area contributed by atoms with Crippen LogP contribution in [0.15, 0.2) is 29.3 Å². The average Bonchev–Trinajstić information content (AvgIpc) is 2.88. The Hall–Kier alpha value is -2.34. The maximum absolute atomic E-state index is 12.6. The van der Waals surface area contributed by atoms with Gasteiger partial charge in [-0.05, 0) is 52.2 Å². The minimum absolute atomic E-state index is 0.0251. The third-order valence-corrected chi connectivity index (χ3v) is 3.86. The topological polar surface area (TPSA) is 63.2 Å². The molecule has 0 radical (unpaired) electrons. The van der Waals surface area contributed by atoms with Gasteiger partial charge in [0.25, 0.3) is 5.56 Å². The van der Waals surface area contributed by atoms with E-state index in [0.29, 0.717) is 24.2 Å². The van der Waals surface area contributed by atoms with Crippen LogP contribution in [0.5, 0.6) is 5.75 Å². The molecule has 2 aromatic heterocycles. The van der Waals surface area contributed by atoms with Gasteiger partial charge in [0.1, 0.15) is 16.8 Å². The van der Waals surface area contributed by atoms with E-state index in [9.17, 15) is 4.79 Å². The highest BCUT2D eigenvalue weighted by atomic mass is 16.5. The summed E-state index contributed by atoms with van der Waals surface area (Å²) >= 11 is 0. The van der Waals surface area contributed by atoms with Gasteiger partial charge in [-0.2, -0.15) is 0 Å². The summed E-state index contributed by atoms with van der Waals surface area (Å²) in [5.74, 6) is 0.790. The summed E-state index contributed by atoms with van der Waals surface area (Å²) in [5, 5.41) is 0.920. The highest BCUT2D eigenvalue weighted by Gasteiger charge is 2.11. The quantitative estimate of drug-likeness (QED) is 0.758. The molecule has 122 valence electrons. The Balaban J connectivity index is 2.01. The zero-order chi connectivity index (χ0) is 16.4. The molecule has 6 nitrogen and oxygen atoms in total. The van der Waals surface area contributed by atoms with Crippen molar-refractivity contribution in [3.63, 3.8) is 0 Å². The van der Waals surface area contributed by atoms with E-state index in [1.807, 2.05) is 39.2 Å². The van der Waals surface area contributed by atoms with Crippen LogP contribution < -0.4 is 10.3 Å². The van der Waals surface area contributed by atoms with Gasteiger partial charge in [-0.15, -0.1) is 0 Å². The van der Waals surface area contributed by atoms with Gasteiger partial charge in [-0.1, -0.05) is 0 Å². The van der Waals surface area contributed by atoms with Gasteiger partial charge in [-0.3, -0.25) is 9.36 Å². The van der Waals surface area contributed by atoms with Crippen molar-refractivity contribution in [1.82, 2.24) is 19.4 Å². The molecule has 0 aliphatic carbocycles. The molecule has 6 heteroatoms.